The van der Waals surface area contributed by atoms with Crippen molar-refractivity contribution in [3.8, 4) is 11.3 Å². The van der Waals surface area contributed by atoms with E-state index >= 15 is 4.39 Å². The topological polar surface area (TPSA) is 141 Å². The van der Waals surface area contributed by atoms with Crippen LogP contribution in [-0.2, 0) is 20.5 Å². The Labute approximate surface area is 254 Å². The van der Waals surface area contributed by atoms with Crippen LogP contribution in [0, 0.1) is 5.82 Å². The van der Waals surface area contributed by atoms with Gasteiger partial charge in [0.15, 0.2) is 0 Å². The van der Waals surface area contributed by atoms with E-state index in [1.807, 2.05) is 24.3 Å². The number of carbonyl (C=O) groups is 1. The normalized spacial score (nSPS) is 15.4. The van der Waals surface area contributed by atoms with Gasteiger partial charge in [-0.3, -0.25) is 9.12 Å². The third kappa shape index (κ3) is 6.45. The lowest BCUT2D eigenvalue weighted by atomic mass is 9.95. The molecule has 5 rings (SSSR count). The van der Waals surface area contributed by atoms with E-state index in [0.29, 0.717) is 52.4 Å². The highest BCUT2D eigenvalue weighted by Gasteiger charge is 2.25. The Morgan fingerprint density at radius 2 is 2.02 bits per heavy atom. The van der Waals surface area contributed by atoms with E-state index in [0.717, 1.165) is 11.3 Å². The molecule has 2 aromatic heterocycles. The minimum absolute atomic E-state index is 0.0175. The molecule has 0 aliphatic heterocycles. The van der Waals surface area contributed by atoms with Gasteiger partial charge >= 0.3 is 6.09 Å². The number of hydrogen-bond donors (Lipinski definition) is 3. The molecule has 0 saturated carbocycles. The van der Waals surface area contributed by atoms with Crippen molar-refractivity contribution >= 4 is 50.3 Å². The van der Waals surface area contributed by atoms with Crippen molar-refractivity contribution in [2.24, 2.45) is 0 Å². The summed E-state index contributed by atoms with van der Waals surface area (Å²) in [4.78, 5) is 21.0. The number of rotatable bonds is 8. The number of alkyl carbamates (subject to hydrolysis) is 1. The summed E-state index contributed by atoms with van der Waals surface area (Å²) in [5, 5.41) is 2.78. The average Bonchev–Trinajstić information content (AvgIpc) is 3.38. The lowest BCUT2D eigenvalue weighted by Crippen LogP contribution is -2.27. The second kappa shape index (κ2) is 12.2. The molecule has 0 radical (unpaired) electrons. The van der Waals surface area contributed by atoms with E-state index in [-0.39, 0.29) is 23.5 Å². The first kappa shape index (κ1) is 30.3. The van der Waals surface area contributed by atoms with Gasteiger partial charge in [0.2, 0.25) is 10.0 Å². The summed E-state index contributed by atoms with van der Waals surface area (Å²) in [5.74, 6) is -0.260. The lowest BCUT2D eigenvalue weighted by molar-refractivity contribution is 0.0948. The summed E-state index contributed by atoms with van der Waals surface area (Å²) in [6, 6.07) is 10.8. The van der Waals surface area contributed by atoms with Crippen LogP contribution in [0.5, 0.6) is 0 Å². The van der Waals surface area contributed by atoms with Crippen molar-refractivity contribution in [3.63, 3.8) is 0 Å². The number of allylic oxidation sites excluding steroid dienone is 1. The number of nitrogens with zero attached hydrogens (tertiary/aromatic N) is 3. The Balaban J connectivity index is 1.49. The number of aromatic nitrogens is 3. The van der Waals surface area contributed by atoms with Crippen molar-refractivity contribution in [2.45, 2.75) is 50.9 Å². The van der Waals surface area contributed by atoms with E-state index in [2.05, 4.69) is 15.0 Å². The predicted octanol–water partition coefficient (Wildman–Crippen LogP) is 6.13. The minimum atomic E-state index is -3.95. The molecule has 0 saturated heterocycles. The standard InChI is InChI=1S/C30H32ClFN6O4S/c1-17(2)29-36-26(19-10-13-24(23(32)14-19)37-43(40,41)16-20-6-4-5-7-22(20)31)27-28(33)35-15-25(38(27)29)18-8-11-21(12-9-18)42-30(39)34-3/h4-8,10,13-15,17,21,37H,9,11-12,16H2,1-3H3,(H2,33,35)(H,34,39). The predicted molar refractivity (Wildman–Crippen MR) is 166 cm³/mol. The number of nitrogens with two attached hydrogens (primary N) is 1. The zero-order valence-corrected chi connectivity index (χ0v) is 25.5. The Bertz CT molecular complexity index is 1840. The van der Waals surface area contributed by atoms with E-state index in [4.69, 9.17) is 27.1 Å². The fraction of sp³-hybridized carbons (Fsp3) is 0.300. The number of amides is 1. The second-order valence-electron chi connectivity index (χ2n) is 10.6. The zero-order chi connectivity index (χ0) is 30.9. The van der Waals surface area contributed by atoms with Gasteiger partial charge in [0.1, 0.15) is 34.8 Å². The summed E-state index contributed by atoms with van der Waals surface area (Å²) < 4.78 is 50.6. The lowest BCUT2D eigenvalue weighted by Gasteiger charge is -2.23. The molecule has 0 fully saturated rings. The molecule has 1 atom stereocenters. The zero-order valence-electron chi connectivity index (χ0n) is 23.9. The molecular formula is C30H32ClFN6O4S. The third-order valence-electron chi connectivity index (χ3n) is 7.21. The third-order valence-corrected chi connectivity index (χ3v) is 8.80. The maximum atomic E-state index is 15.4. The van der Waals surface area contributed by atoms with E-state index < -0.39 is 27.7 Å². The first-order valence-corrected chi connectivity index (χ1v) is 15.8. The molecule has 1 unspecified atom stereocenters. The molecule has 0 bridgehead atoms. The summed E-state index contributed by atoms with van der Waals surface area (Å²) in [5.41, 5.74) is 9.77. The molecule has 1 amide bonds. The van der Waals surface area contributed by atoms with Gasteiger partial charge in [-0.05, 0) is 42.2 Å². The fourth-order valence-corrected chi connectivity index (χ4v) is 6.63. The number of sulfonamides is 1. The fourth-order valence-electron chi connectivity index (χ4n) is 5.11. The minimum Gasteiger partial charge on any atom is -0.446 e. The number of nitrogens with one attached hydrogen (secondary N) is 2. The summed E-state index contributed by atoms with van der Waals surface area (Å²) >= 11 is 6.11. The van der Waals surface area contributed by atoms with Crippen molar-refractivity contribution < 1.29 is 22.3 Å². The molecule has 226 valence electrons. The van der Waals surface area contributed by atoms with E-state index in [1.54, 1.807) is 36.5 Å². The molecule has 4 N–H and O–H groups in total. The number of nitrogen functional groups attached to an aromatic ring is 1. The highest BCUT2D eigenvalue weighted by molar-refractivity contribution is 7.91. The Morgan fingerprint density at radius 3 is 2.67 bits per heavy atom. The highest BCUT2D eigenvalue weighted by Crippen LogP contribution is 2.37. The Morgan fingerprint density at radius 1 is 1.26 bits per heavy atom. The maximum Gasteiger partial charge on any atom is 0.407 e. The van der Waals surface area contributed by atoms with Crippen LogP contribution in [-0.4, -0.2) is 42.0 Å². The first-order chi connectivity index (χ1) is 20.5. The molecule has 0 spiro atoms. The molecular weight excluding hydrogens is 595 g/mol. The molecule has 4 aromatic rings. The van der Waals surface area contributed by atoms with Crippen LogP contribution in [0.25, 0.3) is 22.3 Å². The first-order valence-electron chi connectivity index (χ1n) is 13.8. The molecule has 2 aromatic carbocycles. The SMILES string of the molecule is CNC(=O)OC1CC=C(c2cnc(N)c3c(-c4ccc(NS(=O)(=O)Cc5ccccc5Cl)c(F)c4)nc(C(C)C)n23)CC1. The van der Waals surface area contributed by atoms with Crippen LogP contribution >= 0.6 is 11.6 Å². The summed E-state index contributed by atoms with van der Waals surface area (Å²) in [6.07, 6.45) is 4.86. The Kier molecular flexibility index (Phi) is 8.61. The second-order valence-corrected chi connectivity index (χ2v) is 12.7. The van der Waals surface area contributed by atoms with Crippen molar-refractivity contribution in [1.29, 1.82) is 0 Å². The number of halogens is 2. The van der Waals surface area contributed by atoms with Crippen molar-refractivity contribution in [1.82, 2.24) is 19.7 Å². The largest absolute Gasteiger partial charge is 0.446 e. The number of ether oxygens (including phenoxy) is 1. The smallest absolute Gasteiger partial charge is 0.407 e. The molecule has 1 aliphatic carbocycles. The van der Waals surface area contributed by atoms with E-state index in [1.165, 1.54) is 19.2 Å². The average molecular weight is 627 g/mol. The van der Waals surface area contributed by atoms with Gasteiger partial charge in [0.25, 0.3) is 0 Å². The van der Waals surface area contributed by atoms with Gasteiger partial charge in [-0.25, -0.2) is 27.6 Å². The van der Waals surface area contributed by atoms with Crippen molar-refractivity contribution in [2.75, 3.05) is 17.5 Å². The van der Waals surface area contributed by atoms with Gasteiger partial charge in [-0.15, -0.1) is 0 Å². The number of carbonyl (C=O) groups excluding carboxylic acids is 1. The molecule has 43 heavy (non-hydrogen) atoms. The van der Waals surface area contributed by atoms with Gasteiger partial charge in [-0.1, -0.05) is 55.8 Å². The van der Waals surface area contributed by atoms with Crippen LogP contribution < -0.4 is 15.8 Å². The number of imidazole rings is 1. The Hall–Kier alpha value is -4.16. The summed E-state index contributed by atoms with van der Waals surface area (Å²) in [6.45, 7) is 4.00. The molecule has 1 aliphatic rings. The number of benzene rings is 2. The molecule has 2 heterocycles. The van der Waals surface area contributed by atoms with Crippen LogP contribution in [0.1, 0.15) is 56.1 Å². The number of fused-ring (bicyclic) bond motifs is 1. The van der Waals surface area contributed by atoms with Gasteiger partial charge in [0.05, 0.1) is 23.3 Å². The van der Waals surface area contributed by atoms with Crippen LogP contribution in [0.15, 0.2) is 54.7 Å². The number of hydrogen-bond acceptors (Lipinski definition) is 7. The quantitative estimate of drug-likeness (QED) is 0.214. The van der Waals surface area contributed by atoms with Crippen LogP contribution in [0.4, 0.5) is 20.7 Å². The molecule has 13 heteroatoms. The maximum absolute atomic E-state index is 15.4. The molecule has 10 nitrogen and oxygen atoms in total. The van der Waals surface area contributed by atoms with Crippen molar-refractivity contribution in [3.05, 3.63) is 82.7 Å². The summed E-state index contributed by atoms with van der Waals surface area (Å²) in [7, 11) is -2.43. The van der Waals surface area contributed by atoms with Gasteiger partial charge < -0.3 is 15.8 Å². The number of anilines is 2. The van der Waals surface area contributed by atoms with Crippen LogP contribution in [0.2, 0.25) is 5.02 Å². The van der Waals surface area contributed by atoms with Gasteiger partial charge in [0, 0.05) is 30.0 Å². The monoisotopic (exact) mass is 626 g/mol. The van der Waals surface area contributed by atoms with Crippen LogP contribution in [0.3, 0.4) is 0 Å². The van der Waals surface area contributed by atoms with E-state index in [9.17, 15) is 13.2 Å². The highest BCUT2D eigenvalue weighted by atomic mass is 35.5. The van der Waals surface area contributed by atoms with Gasteiger partial charge in [-0.2, -0.15) is 0 Å².